The van der Waals surface area contributed by atoms with Gasteiger partial charge in [-0.3, -0.25) is 4.98 Å². The molecule has 0 aliphatic rings. The van der Waals surface area contributed by atoms with Crippen LogP contribution in [0.1, 0.15) is 11.3 Å². The summed E-state index contributed by atoms with van der Waals surface area (Å²) in [7, 11) is 0. The predicted molar refractivity (Wildman–Crippen MR) is 98.8 cm³/mol. The summed E-state index contributed by atoms with van der Waals surface area (Å²) in [4.78, 5) is 8.52. The number of nitrogen functional groups attached to an aromatic ring is 1. The van der Waals surface area contributed by atoms with Crippen LogP contribution in [0.4, 0.5) is 17.2 Å². The molecule has 0 atom stereocenters. The maximum Gasteiger partial charge on any atom is 0.130 e. The highest BCUT2D eigenvalue weighted by atomic mass is 15.0. The number of aromatic nitrogens is 2. The van der Waals surface area contributed by atoms with Gasteiger partial charge in [-0.2, -0.15) is 5.26 Å². The van der Waals surface area contributed by atoms with Crippen LogP contribution in [-0.2, 0) is 6.42 Å². The number of pyridine rings is 2. The average Bonchev–Trinajstić information content (AvgIpc) is 2.62. The van der Waals surface area contributed by atoms with E-state index in [4.69, 9.17) is 16.4 Å². The lowest BCUT2D eigenvalue weighted by Gasteiger charge is -2.12. The van der Waals surface area contributed by atoms with Crippen LogP contribution in [0.2, 0.25) is 0 Å². The first-order valence-electron chi connectivity index (χ1n) is 7.65. The first kappa shape index (κ1) is 16.1. The van der Waals surface area contributed by atoms with Crippen LogP contribution < -0.4 is 11.1 Å². The fourth-order valence-electron chi connectivity index (χ4n) is 2.45. The molecule has 3 aromatic rings. The zero-order valence-corrected chi connectivity index (χ0v) is 13.4. The molecule has 2 aromatic heterocycles. The van der Waals surface area contributed by atoms with Crippen LogP contribution in [-0.4, -0.2) is 16.2 Å². The third-order valence-electron chi connectivity index (χ3n) is 3.63. The lowest BCUT2D eigenvalue weighted by Crippen LogP contribution is -2.00. The van der Waals surface area contributed by atoms with E-state index in [1.807, 2.05) is 36.4 Å². The lowest BCUT2D eigenvalue weighted by molar-refractivity contribution is 1.12. The van der Waals surface area contributed by atoms with Gasteiger partial charge < -0.3 is 16.5 Å². The number of rotatable bonds is 5. The highest BCUT2D eigenvalue weighted by molar-refractivity contribution is 5.89. The van der Waals surface area contributed by atoms with Crippen molar-refractivity contribution in [3.8, 4) is 17.2 Å². The zero-order valence-electron chi connectivity index (χ0n) is 13.4. The van der Waals surface area contributed by atoms with Crippen molar-refractivity contribution in [3.05, 3.63) is 66.1 Å². The molecule has 0 saturated heterocycles. The quantitative estimate of drug-likeness (QED) is 0.620. The number of nitrogens with one attached hydrogen (secondary N) is 2. The largest absolute Gasteiger partial charge is 0.397 e. The smallest absolute Gasteiger partial charge is 0.130 e. The van der Waals surface area contributed by atoms with Crippen molar-refractivity contribution < 1.29 is 0 Å². The third kappa shape index (κ3) is 3.79. The van der Waals surface area contributed by atoms with E-state index in [9.17, 15) is 0 Å². The van der Waals surface area contributed by atoms with Crippen LogP contribution >= 0.6 is 0 Å². The summed E-state index contributed by atoms with van der Waals surface area (Å²) in [6.45, 7) is 0. The minimum Gasteiger partial charge on any atom is -0.397 e. The first-order chi connectivity index (χ1) is 12.2. The molecule has 0 unspecified atom stereocenters. The van der Waals surface area contributed by atoms with Gasteiger partial charge in [0.2, 0.25) is 0 Å². The van der Waals surface area contributed by atoms with Crippen LogP contribution in [0, 0.1) is 16.7 Å². The second-order valence-corrected chi connectivity index (χ2v) is 5.43. The van der Waals surface area contributed by atoms with E-state index in [1.165, 1.54) is 6.21 Å². The Kier molecular flexibility index (Phi) is 4.67. The Morgan fingerprint density at radius 1 is 1.16 bits per heavy atom. The molecule has 4 N–H and O–H groups in total. The van der Waals surface area contributed by atoms with E-state index in [2.05, 4.69) is 21.4 Å². The number of nitrogens with two attached hydrogens (primary N) is 1. The molecule has 0 fully saturated rings. The molecule has 2 heterocycles. The molecule has 6 nitrogen and oxygen atoms in total. The van der Waals surface area contributed by atoms with Crippen LogP contribution in [0.3, 0.4) is 0 Å². The van der Waals surface area contributed by atoms with Crippen molar-refractivity contribution >= 4 is 23.4 Å². The Bertz CT molecular complexity index is 958. The van der Waals surface area contributed by atoms with Crippen molar-refractivity contribution in [1.82, 2.24) is 9.97 Å². The average molecular weight is 328 g/mol. The third-order valence-corrected chi connectivity index (χ3v) is 3.63. The Morgan fingerprint density at radius 3 is 2.80 bits per heavy atom. The van der Waals surface area contributed by atoms with Crippen molar-refractivity contribution in [3.63, 3.8) is 0 Å². The van der Waals surface area contributed by atoms with Crippen LogP contribution in [0.15, 0.2) is 54.9 Å². The molecule has 0 radical (unpaired) electrons. The monoisotopic (exact) mass is 328 g/mol. The van der Waals surface area contributed by atoms with Crippen molar-refractivity contribution in [2.75, 3.05) is 11.1 Å². The maximum absolute atomic E-state index is 8.81. The highest BCUT2D eigenvalue weighted by Gasteiger charge is 2.07. The van der Waals surface area contributed by atoms with Crippen LogP contribution in [0.5, 0.6) is 0 Å². The number of nitrogens with zero attached hydrogens (tertiary/aromatic N) is 3. The van der Waals surface area contributed by atoms with Gasteiger partial charge in [-0.1, -0.05) is 18.2 Å². The van der Waals surface area contributed by atoms with E-state index >= 15 is 0 Å². The number of hydrogen-bond donors (Lipinski definition) is 3. The maximum atomic E-state index is 8.81. The minimum atomic E-state index is 0.252. The van der Waals surface area contributed by atoms with Crippen LogP contribution in [0.25, 0.3) is 11.1 Å². The van der Waals surface area contributed by atoms with E-state index < -0.39 is 0 Å². The zero-order chi connectivity index (χ0) is 17.6. The molecule has 0 aliphatic carbocycles. The first-order valence-corrected chi connectivity index (χ1v) is 7.65. The standard InChI is InChI=1S/C19H16N6/c20-7-6-17-2-1-3-19(24-17)25-18-9-13(4-5-14(18)10-21)15-8-16(22)12-23-11-15/h1-5,8-12,21H,6,22H2,(H,24,25). The molecular weight excluding hydrogens is 312 g/mol. The van der Waals surface area contributed by atoms with E-state index in [-0.39, 0.29) is 6.42 Å². The SMILES string of the molecule is N#CCc1cccc(Nc2cc(-c3cncc(N)c3)ccc2C=N)n1. The topological polar surface area (TPSA) is 111 Å². The normalized spacial score (nSPS) is 10.0. The van der Waals surface area contributed by atoms with Gasteiger partial charge in [0.25, 0.3) is 0 Å². The number of hydrogen-bond acceptors (Lipinski definition) is 6. The Balaban J connectivity index is 1.97. The summed E-state index contributed by atoms with van der Waals surface area (Å²) < 4.78 is 0. The van der Waals surface area contributed by atoms with Crippen molar-refractivity contribution in [2.45, 2.75) is 6.42 Å². The summed E-state index contributed by atoms with van der Waals surface area (Å²) in [5.41, 5.74) is 10.4. The van der Waals surface area contributed by atoms with Gasteiger partial charge in [-0.05, 0) is 29.8 Å². The molecule has 6 heteroatoms. The molecule has 0 spiro atoms. The number of nitriles is 1. The number of benzene rings is 1. The summed E-state index contributed by atoms with van der Waals surface area (Å²) >= 11 is 0. The molecule has 0 aliphatic heterocycles. The van der Waals surface area contributed by atoms with E-state index in [1.54, 1.807) is 18.5 Å². The lowest BCUT2D eigenvalue weighted by atomic mass is 10.0. The molecule has 0 bridgehead atoms. The molecule has 0 saturated carbocycles. The van der Waals surface area contributed by atoms with Gasteiger partial charge in [-0.25, -0.2) is 4.98 Å². The molecule has 3 rings (SSSR count). The fourth-order valence-corrected chi connectivity index (χ4v) is 2.45. The fraction of sp³-hybridized carbons (Fsp3) is 0.0526. The van der Waals surface area contributed by atoms with Gasteiger partial charge in [0.05, 0.1) is 23.9 Å². The van der Waals surface area contributed by atoms with Gasteiger partial charge >= 0.3 is 0 Å². The minimum absolute atomic E-state index is 0.252. The molecule has 25 heavy (non-hydrogen) atoms. The molecule has 1 aromatic carbocycles. The summed E-state index contributed by atoms with van der Waals surface area (Å²) in [6, 6.07) is 15.1. The van der Waals surface area contributed by atoms with Gasteiger partial charge in [0, 0.05) is 35.4 Å². The van der Waals surface area contributed by atoms with Gasteiger partial charge in [-0.15, -0.1) is 0 Å². The van der Waals surface area contributed by atoms with Gasteiger partial charge in [0.15, 0.2) is 0 Å². The summed E-state index contributed by atoms with van der Waals surface area (Å²) in [6.07, 6.45) is 4.87. The van der Waals surface area contributed by atoms with E-state index in [0.29, 0.717) is 17.2 Å². The second-order valence-electron chi connectivity index (χ2n) is 5.43. The van der Waals surface area contributed by atoms with Crippen molar-refractivity contribution in [1.29, 1.82) is 10.7 Å². The molecule has 122 valence electrons. The Hall–Kier alpha value is -3.72. The predicted octanol–water partition coefficient (Wildman–Crippen LogP) is 3.53. The van der Waals surface area contributed by atoms with Crippen molar-refractivity contribution in [2.24, 2.45) is 0 Å². The van der Waals surface area contributed by atoms with Gasteiger partial charge in [0.1, 0.15) is 5.82 Å². The molecule has 0 amide bonds. The Morgan fingerprint density at radius 2 is 2.04 bits per heavy atom. The second kappa shape index (κ2) is 7.23. The summed E-state index contributed by atoms with van der Waals surface area (Å²) in [5, 5.41) is 19.6. The highest BCUT2D eigenvalue weighted by Crippen LogP contribution is 2.27. The molecular formula is C19H16N6. The summed E-state index contributed by atoms with van der Waals surface area (Å²) in [5.74, 6) is 0.624. The number of anilines is 3. The van der Waals surface area contributed by atoms with E-state index in [0.717, 1.165) is 22.4 Å². The Labute approximate surface area is 145 Å².